The molecule has 0 unspecified atom stereocenters. The molecule has 2 aromatic carbocycles. The first-order valence-corrected chi connectivity index (χ1v) is 7.06. The van der Waals surface area contributed by atoms with E-state index in [1.54, 1.807) is 12.1 Å². The van der Waals surface area contributed by atoms with Crippen molar-refractivity contribution in [2.24, 2.45) is 5.10 Å². The van der Waals surface area contributed by atoms with E-state index >= 15 is 0 Å². The van der Waals surface area contributed by atoms with Gasteiger partial charge in [-0.3, -0.25) is 5.43 Å². The number of hydrazone groups is 1. The van der Waals surface area contributed by atoms with Crippen molar-refractivity contribution in [3.63, 3.8) is 0 Å². The van der Waals surface area contributed by atoms with Crippen molar-refractivity contribution < 1.29 is 9.90 Å². The molecule has 0 saturated carbocycles. The van der Waals surface area contributed by atoms with Gasteiger partial charge in [-0.25, -0.2) is 4.79 Å². The van der Waals surface area contributed by atoms with Crippen molar-refractivity contribution in [3.8, 4) is 0 Å². The Morgan fingerprint density at radius 1 is 1.18 bits per heavy atom. The number of carboxylic acid groups (broad SMARTS) is 1. The van der Waals surface area contributed by atoms with Crippen molar-refractivity contribution in [1.29, 1.82) is 0 Å². The number of carboxylic acids is 1. The van der Waals surface area contributed by atoms with Crippen LogP contribution in [0.5, 0.6) is 0 Å². The first-order chi connectivity index (χ1) is 10.6. The maximum atomic E-state index is 11.0. The average Bonchev–Trinajstić information content (AvgIpc) is 2.49. The number of benzene rings is 2. The minimum Gasteiger partial charge on any atom is -0.478 e. The maximum absolute atomic E-state index is 11.0. The van der Waals surface area contributed by atoms with Gasteiger partial charge in [-0.05, 0) is 29.8 Å². The molecule has 112 valence electrons. The first kappa shape index (κ1) is 16.1. The summed E-state index contributed by atoms with van der Waals surface area (Å²) in [7, 11) is 0. The topological polar surface area (TPSA) is 61.7 Å². The molecule has 0 aliphatic heterocycles. The summed E-state index contributed by atoms with van der Waals surface area (Å²) < 4.78 is 0. The normalized spacial score (nSPS) is 11.6. The van der Waals surface area contributed by atoms with Gasteiger partial charge in [0.25, 0.3) is 0 Å². The molecule has 0 aliphatic rings. The second-order valence-electron chi connectivity index (χ2n) is 4.31. The van der Waals surface area contributed by atoms with E-state index in [1.807, 2.05) is 30.3 Å². The van der Waals surface area contributed by atoms with Crippen LogP contribution in [-0.4, -0.2) is 17.3 Å². The van der Waals surface area contributed by atoms with Gasteiger partial charge in [0.2, 0.25) is 0 Å². The maximum Gasteiger partial charge on any atom is 0.337 e. The zero-order valence-corrected chi connectivity index (χ0v) is 12.8. The van der Waals surface area contributed by atoms with E-state index in [4.69, 9.17) is 28.3 Å². The number of nitrogens with one attached hydrogen (secondary N) is 1. The molecule has 0 spiro atoms. The van der Waals surface area contributed by atoms with Crippen LogP contribution in [-0.2, 0) is 0 Å². The number of anilines is 1. The minimum absolute atomic E-state index is 0.00721. The number of carbonyl (C=O) groups is 1. The van der Waals surface area contributed by atoms with Crippen LogP contribution in [0.1, 0.15) is 15.9 Å². The predicted octanol–water partition coefficient (Wildman–Crippen LogP) is 4.72. The van der Waals surface area contributed by atoms with Crippen molar-refractivity contribution in [3.05, 3.63) is 69.7 Å². The lowest BCUT2D eigenvalue weighted by atomic mass is 10.2. The van der Waals surface area contributed by atoms with Crippen LogP contribution in [0.4, 0.5) is 5.69 Å². The molecular weight excluding hydrogens is 323 g/mol. The number of allylic oxidation sites excluding steroid dienone is 1. The molecular formula is C16H12Cl2N2O2. The largest absolute Gasteiger partial charge is 0.478 e. The summed E-state index contributed by atoms with van der Waals surface area (Å²) in [4.78, 5) is 11.0. The Bertz CT molecular complexity index is 728. The molecule has 2 rings (SSSR count). The lowest BCUT2D eigenvalue weighted by molar-refractivity contribution is 0.0697. The third kappa shape index (κ3) is 4.62. The highest BCUT2D eigenvalue weighted by Crippen LogP contribution is 2.20. The zero-order chi connectivity index (χ0) is 15.9. The second-order valence-corrected chi connectivity index (χ2v) is 5.15. The minimum atomic E-state index is -1.10. The van der Waals surface area contributed by atoms with E-state index < -0.39 is 5.97 Å². The Hall–Kier alpha value is -2.30. The zero-order valence-electron chi connectivity index (χ0n) is 11.3. The highest BCUT2D eigenvalue weighted by Gasteiger charge is 2.08. The Kier molecular flexibility index (Phi) is 5.58. The van der Waals surface area contributed by atoms with Crippen molar-refractivity contribution >= 4 is 47.1 Å². The fourth-order valence-corrected chi connectivity index (χ4v) is 2.05. The van der Waals surface area contributed by atoms with Crippen LogP contribution >= 0.6 is 23.2 Å². The van der Waals surface area contributed by atoms with E-state index in [0.717, 1.165) is 5.56 Å². The van der Waals surface area contributed by atoms with Crippen LogP contribution in [0.2, 0.25) is 5.02 Å². The Morgan fingerprint density at radius 2 is 1.91 bits per heavy atom. The fourth-order valence-electron chi connectivity index (χ4n) is 1.67. The highest BCUT2D eigenvalue weighted by atomic mass is 35.5. The van der Waals surface area contributed by atoms with E-state index in [9.17, 15) is 4.79 Å². The van der Waals surface area contributed by atoms with Crippen LogP contribution in [0.25, 0.3) is 6.08 Å². The van der Waals surface area contributed by atoms with Crippen molar-refractivity contribution in [2.45, 2.75) is 0 Å². The molecule has 0 aliphatic carbocycles. The van der Waals surface area contributed by atoms with Crippen LogP contribution in [0.15, 0.2) is 58.7 Å². The summed E-state index contributed by atoms with van der Waals surface area (Å²) in [5.74, 6) is -1.10. The summed E-state index contributed by atoms with van der Waals surface area (Å²) in [6, 6.07) is 14.1. The predicted molar refractivity (Wildman–Crippen MR) is 90.8 cm³/mol. The molecule has 0 atom stereocenters. The van der Waals surface area contributed by atoms with Gasteiger partial charge in [-0.2, -0.15) is 5.10 Å². The molecule has 0 bridgehead atoms. The lowest BCUT2D eigenvalue weighted by Gasteiger charge is -2.03. The molecule has 22 heavy (non-hydrogen) atoms. The molecule has 6 heteroatoms. The Balaban J connectivity index is 2.05. The number of aromatic carboxylic acids is 1. The van der Waals surface area contributed by atoms with E-state index in [2.05, 4.69) is 10.5 Å². The Labute approximate surface area is 137 Å². The van der Waals surface area contributed by atoms with Gasteiger partial charge in [0.05, 0.1) is 27.5 Å². The Morgan fingerprint density at radius 3 is 2.59 bits per heavy atom. The van der Waals surface area contributed by atoms with Gasteiger partial charge in [0, 0.05) is 0 Å². The monoisotopic (exact) mass is 334 g/mol. The number of hydrogen-bond acceptors (Lipinski definition) is 3. The van der Waals surface area contributed by atoms with Crippen LogP contribution in [0.3, 0.4) is 0 Å². The lowest BCUT2D eigenvalue weighted by Crippen LogP contribution is -1.99. The molecule has 0 heterocycles. The third-order valence-corrected chi connectivity index (χ3v) is 3.22. The summed E-state index contributed by atoms with van der Waals surface area (Å²) in [5.41, 5.74) is 4.17. The summed E-state index contributed by atoms with van der Waals surface area (Å²) in [6.07, 6.45) is 3.20. The quantitative estimate of drug-likeness (QED) is 0.614. The molecule has 2 N–H and O–H groups in total. The highest BCUT2D eigenvalue weighted by molar-refractivity contribution is 6.41. The van der Waals surface area contributed by atoms with E-state index in [1.165, 1.54) is 18.3 Å². The number of hydrogen-bond donors (Lipinski definition) is 2. The van der Waals surface area contributed by atoms with Crippen molar-refractivity contribution in [1.82, 2.24) is 0 Å². The van der Waals surface area contributed by atoms with Gasteiger partial charge < -0.3 is 5.11 Å². The third-order valence-electron chi connectivity index (χ3n) is 2.68. The molecule has 0 aromatic heterocycles. The standard InChI is InChI=1S/C16H12Cl2N2O2/c17-12(8-11-4-2-1-3-5-11)10-19-20-13-6-7-15(18)14(9-13)16(21)22/h1-10,20H,(H,21,22)/b12-8-,19-10-. The van der Waals surface area contributed by atoms with E-state index in [0.29, 0.717) is 10.7 Å². The summed E-state index contributed by atoms with van der Waals surface area (Å²) in [5, 5.41) is 13.6. The molecule has 2 aromatic rings. The smallest absolute Gasteiger partial charge is 0.337 e. The van der Waals surface area contributed by atoms with Crippen LogP contribution < -0.4 is 5.43 Å². The average molecular weight is 335 g/mol. The number of nitrogens with zero attached hydrogens (tertiary/aromatic N) is 1. The SMILES string of the molecule is O=C(O)c1cc(N/N=C\C(Cl)=C\c2ccccc2)ccc1Cl. The second kappa shape index (κ2) is 7.64. The number of rotatable bonds is 5. The van der Waals surface area contributed by atoms with Gasteiger partial charge in [-0.1, -0.05) is 53.5 Å². The van der Waals surface area contributed by atoms with Crippen LogP contribution in [0, 0.1) is 0 Å². The summed E-state index contributed by atoms with van der Waals surface area (Å²) in [6.45, 7) is 0. The fraction of sp³-hybridized carbons (Fsp3) is 0. The van der Waals surface area contributed by atoms with Gasteiger partial charge in [-0.15, -0.1) is 0 Å². The molecule has 4 nitrogen and oxygen atoms in total. The van der Waals surface area contributed by atoms with Gasteiger partial charge >= 0.3 is 5.97 Å². The molecule has 0 amide bonds. The van der Waals surface area contributed by atoms with Crippen molar-refractivity contribution in [2.75, 3.05) is 5.43 Å². The van der Waals surface area contributed by atoms with Gasteiger partial charge in [0.15, 0.2) is 0 Å². The molecule has 0 fully saturated rings. The molecule has 0 saturated heterocycles. The first-order valence-electron chi connectivity index (χ1n) is 6.30. The molecule has 0 radical (unpaired) electrons. The number of halogens is 2. The van der Waals surface area contributed by atoms with Gasteiger partial charge in [0.1, 0.15) is 0 Å². The summed E-state index contributed by atoms with van der Waals surface area (Å²) >= 11 is 11.8. The van der Waals surface area contributed by atoms with E-state index in [-0.39, 0.29) is 10.6 Å².